The van der Waals surface area contributed by atoms with Crippen LogP contribution in [0.1, 0.15) is 5.48 Å². The molecule has 0 fully saturated rings. The van der Waals surface area contributed by atoms with Crippen molar-refractivity contribution >= 4 is 38.9 Å². The normalized spacial score (nSPS) is 12.1. The maximum absolute atomic E-state index is 9.77. The van der Waals surface area contributed by atoms with E-state index in [9.17, 15) is 5.48 Å². The summed E-state index contributed by atoms with van der Waals surface area (Å²) in [5.41, 5.74) is 16.4. The molecule has 0 aliphatic rings. The van der Waals surface area contributed by atoms with Crippen LogP contribution in [-0.2, 0) is 0 Å². The van der Waals surface area contributed by atoms with Crippen molar-refractivity contribution in [1.82, 2.24) is 4.57 Å². The quantitative estimate of drug-likeness (QED) is 0.133. The highest BCUT2D eigenvalue weighted by molar-refractivity contribution is 6.10. The van der Waals surface area contributed by atoms with Crippen molar-refractivity contribution in [1.29, 1.82) is 0 Å². The SMILES string of the molecule is [2H]c1c([2H])c(N(c2ccc(-c3ccc(-c4ccccc4)cc3)cc2)c2ccc(-c3cccc(-c4ccccc4)c3)cc2)c([2H])c([2H])c1-c1ccc2c(c1)c1ccccc1n2-c1cccc(-c2ccccc2)c1. The minimum atomic E-state index is -0.133. The number of para-hydroxylation sites is 1. The van der Waals surface area contributed by atoms with Gasteiger partial charge in [0.05, 0.1) is 16.5 Å². The molecule has 0 unspecified atom stereocenters. The van der Waals surface area contributed by atoms with Gasteiger partial charge in [0, 0.05) is 33.5 Å². The summed E-state index contributed by atoms with van der Waals surface area (Å²) in [6.07, 6.45) is 0. The molecule has 12 aromatic rings. The Bertz CT molecular complexity index is 3900. The highest BCUT2D eigenvalue weighted by Gasteiger charge is 2.17. The Labute approximate surface area is 403 Å². The molecule has 0 saturated carbocycles. The summed E-state index contributed by atoms with van der Waals surface area (Å²) >= 11 is 0. The summed E-state index contributed by atoms with van der Waals surface area (Å²) in [5, 5.41) is 1.99. The van der Waals surface area contributed by atoms with Crippen LogP contribution < -0.4 is 4.90 Å². The summed E-state index contributed by atoms with van der Waals surface area (Å²) in [6, 6.07) is 86.5. The number of anilines is 3. The minimum absolute atomic E-state index is 0.112. The second-order valence-electron chi connectivity index (χ2n) is 17.0. The lowest BCUT2D eigenvalue weighted by molar-refractivity contribution is 1.18. The summed E-state index contributed by atoms with van der Waals surface area (Å²) in [7, 11) is 0. The molecule has 1 heterocycles. The first-order valence-corrected chi connectivity index (χ1v) is 23.0. The van der Waals surface area contributed by atoms with E-state index in [1.807, 2.05) is 102 Å². The van der Waals surface area contributed by atoms with Crippen LogP contribution in [0.15, 0.2) is 279 Å². The van der Waals surface area contributed by atoms with Crippen LogP contribution in [0.5, 0.6) is 0 Å². The lowest BCUT2D eigenvalue weighted by atomic mass is 9.98. The monoisotopic (exact) mass is 870 g/mol. The third-order valence-electron chi connectivity index (χ3n) is 12.9. The zero-order valence-electron chi connectivity index (χ0n) is 41.1. The molecule has 320 valence electrons. The molecular weight excluding hydrogens is 821 g/mol. The second-order valence-corrected chi connectivity index (χ2v) is 17.0. The van der Waals surface area contributed by atoms with Crippen LogP contribution in [0.4, 0.5) is 17.1 Å². The van der Waals surface area contributed by atoms with Crippen molar-refractivity contribution in [2.24, 2.45) is 0 Å². The van der Waals surface area contributed by atoms with Crippen LogP contribution in [0, 0.1) is 0 Å². The molecule has 12 rings (SSSR count). The fraction of sp³-hybridized carbons (Fsp3) is 0. The maximum atomic E-state index is 9.77. The molecule has 2 heteroatoms. The number of aromatic nitrogens is 1. The highest BCUT2D eigenvalue weighted by atomic mass is 15.1. The Morgan fingerprint density at radius 2 is 0.632 bits per heavy atom. The van der Waals surface area contributed by atoms with Gasteiger partial charge in [-0.05, 0) is 140 Å². The van der Waals surface area contributed by atoms with Gasteiger partial charge in [-0.2, -0.15) is 0 Å². The largest absolute Gasteiger partial charge is 0.311 e. The van der Waals surface area contributed by atoms with Crippen LogP contribution >= 0.6 is 0 Å². The van der Waals surface area contributed by atoms with Crippen molar-refractivity contribution < 1.29 is 5.48 Å². The topological polar surface area (TPSA) is 8.17 Å². The van der Waals surface area contributed by atoms with Crippen LogP contribution in [0.25, 0.3) is 94.3 Å². The van der Waals surface area contributed by atoms with E-state index in [-0.39, 0.29) is 35.4 Å². The van der Waals surface area contributed by atoms with Crippen molar-refractivity contribution in [3.05, 3.63) is 279 Å². The molecule has 0 aliphatic heterocycles. The first-order valence-electron chi connectivity index (χ1n) is 25.0. The summed E-state index contributed by atoms with van der Waals surface area (Å²) in [5.74, 6) is 0. The summed E-state index contributed by atoms with van der Waals surface area (Å²) < 4.78 is 41.2. The number of fused-ring (bicyclic) bond motifs is 3. The first-order chi connectivity index (χ1) is 35.4. The van der Waals surface area contributed by atoms with Gasteiger partial charge in [0.25, 0.3) is 0 Å². The van der Waals surface area contributed by atoms with E-state index in [2.05, 4.69) is 162 Å². The fourth-order valence-electron chi connectivity index (χ4n) is 9.43. The van der Waals surface area contributed by atoms with Crippen LogP contribution in [0.3, 0.4) is 0 Å². The van der Waals surface area contributed by atoms with Gasteiger partial charge < -0.3 is 9.47 Å². The zero-order valence-corrected chi connectivity index (χ0v) is 37.1. The van der Waals surface area contributed by atoms with Gasteiger partial charge in [0.1, 0.15) is 0 Å². The summed E-state index contributed by atoms with van der Waals surface area (Å²) in [4.78, 5) is 1.86. The fourth-order valence-corrected chi connectivity index (χ4v) is 9.43. The molecule has 11 aromatic carbocycles. The van der Waals surface area contributed by atoms with E-state index < -0.39 is 0 Å². The van der Waals surface area contributed by atoms with Gasteiger partial charge >= 0.3 is 0 Å². The Morgan fingerprint density at radius 1 is 0.250 bits per heavy atom. The van der Waals surface area contributed by atoms with Crippen LogP contribution in [-0.4, -0.2) is 4.57 Å². The second kappa shape index (κ2) is 17.8. The molecule has 0 atom stereocenters. The van der Waals surface area contributed by atoms with E-state index in [1.165, 1.54) is 0 Å². The first kappa shape index (κ1) is 36.3. The molecule has 0 radical (unpaired) electrons. The van der Waals surface area contributed by atoms with Gasteiger partial charge in [-0.25, -0.2) is 0 Å². The number of rotatable bonds is 10. The molecule has 0 spiro atoms. The number of nitrogens with zero attached hydrogens (tertiary/aromatic N) is 2. The maximum Gasteiger partial charge on any atom is 0.0645 e. The van der Waals surface area contributed by atoms with Gasteiger partial charge in [-0.3, -0.25) is 0 Å². The highest BCUT2D eigenvalue weighted by Crippen LogP contribution is 2.40. The Kier molecular flexibility index (Phi) is 9.48. The average molecular weight is 871 g/mol. The molecule has 0 N–H and O–H groups in total. The molecule has 0 amide bonds. The molecule has 0 bridgehead atoms. The molecule has 0 saturated heterocycles. The minimum Gasteiger partial charge on any atom is -0.311 e. The van der Waals surface area contributed by atoms with E-state index in [4.69, 9.17) is 0 Å². The Balaban J connectivity index is 0.955. The third kappa shape index (κ3) is 7.85. The van der Waals surface area contributed by atoms with E-state index in [0.717, 1.165) is 83.1 Å². The molecule has 0 aliphatic carbocycles. The van der Waals surface area contributed by atoms with Gasteiger partial charge in [-0.1, -0.05) is 206 Å². The van der Waals surface area contributed by atoms with E-state index in [1.54, 1.807) is 0 Å². The third-order valence-corrected chi connectivity index (χ3v) is 12.9. The van der Waals surface area contributed by atoms with Crippen molar-refractivity contribution in [3.8, 4) is 72.4 Å². The van der Waals surface area contributed by atoms with Crippen molar-refractivity contribution in [3.63, 3.8) is 0 Å². The van der Waals surface area contributed by atoms with E-state index >= 15 is 0 Å². The molecule has 2 nitrogen and oxygen atoms in total. The predicted molar refractivity (Wildman–Crippen MR) is 288 cm³/mol. The Morgan fingerprint density at radius 3 is 1.19 bits per heavy atom. The van der Waals surface area contributed by atoms with Crippen molar-refractivity contribution in [2.45, 2.75) is 0 Å². The van der Waals surface area contributed by atoms with Gasteiger partial charge in [-0.15, -0.1) is 0 Å². The van der Waals surface area contributed by atoms with Crippen molar-refractivity contribution in [2.75, 3.05) is 4.90 Å². The number of benzene rings is 11. The average Bonchev–Trinajstić information content (AvgIpc) is 3.78. The zero-order chi connectivity index (χ0) is 48.7. The lowest BCUT2D eigenvalue weighted by Gasteiger charge is -2.26. The standard InChI is InChI=1S/C66H46N2/c1-4-14-47(15-5-1)50-26-28-51(29-27-50)52-30-37-59(38-31-52)67(60-39-32-53(33-40-60)56-21-12-20-55(44-56)48-16-6-2-7-17-48)61-41-34-54(35-42-61)58-36-43-66-64(46-58)63-24-10-11-25-65(63)68(66)62-23-13-22-57(45-62)49-18-8-3-9-19-49/h1-46H/i34D,35D,41D,42D. The van der Waals surface area contributed by atoms with E-state index in [0.29, 0.717) is 16.9 Å². The smallest absolute Gasteiger partial charge is 0.0645 e. The molecule has 1 aromatic heterocycles. The molecule has 68 heavy (non-hydrogen) atoms. The lowest BCUT2D eigenvalue weighted by Crippen LogP contribution is -2.09. The number of hydrogen-bond acceptors (Lipinski definition) is 1. The predicted octanol–water partition coefficient (Wildman–Crippen LogP) is 18.3. The molecular formula is C66H46N2. The number of hydrogen-bond donors (Lipinski definition) is 0. The summed E-state index contributed by atoms with van der Waals surface area (Å²) in [6.45, 7) is 0. The van der Waals surface area contributed by atoms with Gasteiger partial charge in [0.15, 0.2) is 0 Å². The van der Waals surface area contributed by atoms with Gasteiger partial charge in [0.2, 0.25) is 0 Å². The Hall–Kier alpha value is -8.98. The van der Waals surface area contributed by atoms with Crippen LogP contribution in [0.2, 0.25) is 0 Å².